The Morgan fingerprint density at radius 2 is 2.24 bits per heavy atom. The molecule has 0 aliphatic heterocycles. The van der Waals surface area contributed by atoms with E-state index in [4.69, 9.17) is 10.2 Å². The summed E-state index contributed by atoms with van der Waals surface area (Å²) in [4.78, 5) is 20.8. The van der Waals surface area contributed by atoms with Gasteiger partial charge in [-0.05, 0) is 19.1 Å². The lowest BCUT2D eigenvalue weighted by atomic mass is 10.1. The summed E-state index contributed by atoms with van der Waals surface area (Å²) >= 11 is 0. The lowest BCUT2D eigenvalue weighted by molar-refractivity contribution is -0.384. The van der Waals surface area contributed by atoms with Crippen LogP contribution in [-0.2, 0) is 0 Å². The second-order valence-electron chi connectivity index (χ2n) is 3.52. The number of carboxylic acids is 1. The van der Waals surface area contributed by atoms with E-state index in [0.29, 0.717) is 0 Å². The van der Waals surface area contributed by atoms with Gasteiger partial charge in [0.1, 0.15) is 5.69 Å². The molecule has 1 aromatic rings. The number of benzene rings is 1. The van der Waals surface area contributed by atoms with E-state index in [-0.39, 0.29) is 23.5 Å². The van der Waals surface area contributed by atoms with Crippen LogP contribution in [0.1, 0.15) is 17.3 Å². The molecule has 1 unspecified atom stereocenters. The van der Waals surface area contributed by atoms with Crippen molar-refractivity contribution in [1.29, 1.82) is 0 Å². The molecule has 0 fully saturated rings. The summed E-state index contributed by atoms with van der Waals surface area (Å²) in [5, 5.41) is 31.2. The van der Waals surface area contributed by atoms with Crippen molar-refractivity contribution in [3.63, 3.8) is 0 Å². The third kappa shape index (κ3) is 3.42. The third-order valence-corrected chi connectivity index (χ3v) is 2.03. The van der Waals surface area contributed by atoms with Crippen LogP contribution in [0.3, 0.4) is 0 Å². The van der Waals surface area contributed by atoms with Gasteiger partial charge in [0.15, 0.2) is 0 Å². The average molecular weight is 240 g/mol. The molecule has 0 heterocycles. The molecule has 0 aliphatic rings. The Hall–Kier alpha value is -2.15. The first-order valence-corrected chi connectivity index (χ1v) is 4.85. The lowest BCUT2D eigenvalue weighted by Crippen LogP contribution is -2.16. The number of aliphatic hydroxyl groups excluding tert-OH is 1. The fourth-order valence-corrected chi connectivity index (χ4v) is 1.22. The zero-order valence-corrected chi connectivity index (χ0v) is 9.08. The summed E-state index contributed by atoms with van der Waals surface area (Å²) in [5.74, 6) is -1.23. The lowest BCUT2D eigenvalue weighted by Gasteiger charge is -2.09. The Balaban J connectivity index is 3.04. The normalized spacial score (nSPS) is 11.9. The summed E-state index contributed by atoms with van der Waals surface area (Å²) in [6.07, 6.45) is -0.659. The molecule has 1 rings (SSSR count). The smallest absolute Gasteiger partial charge is 0.335 e. The minimum absolute atomic E-state index is 0.146. The quantitative estimate of drug-likeness (QED) is 0.524. The second kappa shape index (κ2) is 5.26. The number of carboxylic acid groups (broad SMARTS) is 1. The van der Waals surface area contributed by atoms with Gasteiger partial charge in [0.25, 0.3) is 5.69 Å². The van der Waals surface area contributed by atoms with Gasteiger partial charge >= 0.3 is 5.97 Å². The molecule has 1 aromatic carbocycles. The van der Waals surface area contributed by atoms with E-state index in [2.05, 4.69) is 5.32 Å². The van der Waals surface area contributed by atoms with Crippen LogP contribution < -0.4 is 5.32 Å². The van der Waals surface area contributed by atoms with Crippen molar-refractivity contribution in [2.45, 2.75) is 13.0 Å². The van der Waals surface area contributed by atoms with Gasteiger partial charge in [-0.3, -0.25) is 10.1 Å². The summed E-state index contributed by atoms with van der Waals surface area (Å²) in [5.41, 5.74) is -0.300. The van der Waals surface area contributed by atoms with Crippen LogP contribution in [0.15, 0.2) is 18.2 Å². The Bertz CT molecular complexity index is 444. The molecule has 1 atom stereocenters. The highest BCUT2D eigenvalue weighted by Gasteiger charge is 2.17. The maximum absolute atomic E-state index is 10.8. The SMILES string of the molecule is CC(O)CNc1ccc(C(=O)O)cc1[N+](=O)[O-]. The Morgan fingerprint density at radius 1 is 1.59 bits per heavy atom. The molecule has 0 saturated carbocycles. The van der Waals surface area contributed by atoms with Crippen molar-refractivity contribution in [2.24, 2.45) is 0 Å². The molecule has 0 saturated heterocycles. The minimum Gasteiger partial charge on any atom is -0.478 e. The fraction of sp³-hybridized carbons (Fsp3) is 0.300. The molecule has 92 valence electrons. The van der Waals surface area contributed by atoms with Gasteiger partial charge in [0, 0.05) is 12.6 Å². The van der Waals surface area contributed by atoms with Crippen LogP contribution in [0.5, 0.6) is 0 Å². The number of nitrogens with one attached hydrogen (secondary N) is 1. The van der Waals surface area contributed by atoms with E-state index in [9.17, 15) is 14.9 Å². The minimum atomic E-state index is -1.23. The van der Waals surface area contributed by atoms with E-state index in [1.807, 2.05) is 0 Å². The molecule has 0 aromatic heterocycles. The Labute approximate surface area is 96.8 Å². The number of aromatic carboxylic acids is 1. The molecule has 0 bridgehead atoms. The number of nitro benzene ring substituents is 1. The van der Waals surface area contributed by atoms with Crippen LogP contribution in [0.25, 0.3) is 0 Å². The van der Waals surface area contributed by atoms with E-state index in [0.717, 1.165) is 6.07 Å². The highest BCUT2D eigenvalue weighted by molar-refractivity contribution is 5.89. The van der Waals surface area contributed by atoms with Crippen LogP contribution in [0.4, 0.5) is 11.4 Å². The van der Waals surface area contributed by atoms with E-state index in [1.165, 1.54) is 19.1 Å². The fourth-order valence-electron chi connectivity index (χ4n) is 1.22. The molecule has 0 amide bonds. The first-order valence-electron chi connectivity index (χ1n) is 4.85. The summed E-state index contributed by atoms with van der Waals surface area (Å²) < 4.78 is 0. The second-order valence-corrected chi connectivity index (χ2v) is 3.52. The summed E-state index contributed by atoms with van der Waals surface area (Å²) in [7, 11) is 0. The number of hydrogen-bond acceptors (Lipinski definition) is 5. The zero-order chi connectivity index (χ0) is 13.0. The van der Waals surface area contributed by atoms with Gasteiger partial charge in [-0.2, -0.15) is 0 Å². The van der Waals surface area contributed by atoms with Crippen molar-refractivity contribution >= 4 is 17.3 Å². The summed E-state index contributed by atoms with van der Waals surface area (Å²) in [6.45, 7) is 1.68. The number of carbonyl (C=O) groups is 1. The van der Waals surface area contributed by atoms with Crippen molar-refractivity contribution in [1.82, 2.24) is 0 Å². The predicted octanol–water partition coefficient (Wildman–Crippen LogP) is 1.09. The number of nitrogens with zero attached hydrogens (tertiary/aromatic N) is 1. The van der Waals surface area contributed by atoms with Crippen LogP contribution in [-0.4, -0.2) is 33.8 Å². The third-order valence-electron chi connectivity index (χ3n) is 2.03. The molecule has 0 aliphatic carbocycles. The van der Waals surface area contributed by atoms with Gasteiger partial charge in [-0.1, -0.05) is 0 Å². The molecular weight excluding hydrogens is 228 g/mol. The maximum Gasteiger partial charge on any atom is 0.335 e. The molecular formula is C10H12N2O5. The Morgan fingerprint density at radius 3 is 2.71 bits per heavy atom. The van der Waals surface area contributed by atoms with Crippen LogP contribution in [0, 0.1) is 10.1 Å². The molecule has 7 heteroatoms. The van der Waals surface area contributed by atoms with Crippen LogP contribution >= 0.6 is 0 Å². The van der Waals surface area contributed by atoms with Gasteiger partial charge in [0.2, 0.25) is 0 Å². The topological polar surface area (TPSA) is 113 Å². The van der Waals surface area contributed by atoms with Gasteiger partial charge in [0.05, 0.1) is 16.6 Å². The first-order chi connectivity index (χ1) is 7.91. The highest BCUT2D eigenvalue weighted by atomic mass is 16.6. The molecule has 17 heavy (non-hydrogen) atoms. The highest BCUT2D eigenvalue weighted by Crippen LogP contribution is 2.25. The predicted molar refractivity (Wildman–Crippen MR) is 60.2 cm³/mol. The summed E-state index contributed by atoms with van der Waals surface area (Å²) in [6, 6.07) is 3.55. The molecule has 0 spiro atoms. The zero-order valence-electron chi connectivity index (χ0n) is 9.08. The maximum atomic E-state index is 10.8. The van der Waals surface area contributed by atoms with Gasteiger partial charge in [-0.15, -0.1) is 0 Å². The average Bonchev–Trinajstić information content (AvgIpc) is 2.25. The van der Waals surface area contributed by atoms with Crippen molar-refractivity contribution in [3.05, 3.63) is 33.9 Å². The van der Waals surface area contributed by atoms with Crippen molar-refractivity contribution < 1.29 is 19.9 Å². The van der Waals surface area contributed by atoms with Crippen molar-refractivity contribution in [3.8, 4) is 0 Å². The molecule has 0 radical (unpaired) electrons. The Kier molecular flexibility index (Phi) is 4.00. The number of aliphatic hydroxyl groups is 1. The van der Waals surface area contributed by atoms with Gasteiger partial charge in [-0.25, -0.2) is 4.79 Å². The van der Waals surface area contributed by atoms with Crippen LogP contribution in [0.2, 0.25) is 0 Å². The van der Waals surface area contributed by atoms with Crippen molar-refractivity contribution in [2.75, 3.05) is 11.9 Å². The first kappa shape index (κ1) is 12.9. The van der Waals surface area contributed by atoms with E-state index in [1.54, 1.807) is 0 Å². The van der Waals surface area contributed by atoms with E-state index >= 15 is 0 Å². The molecule has 3 N–H and O–H groups in total. The standard InChI is InChI=1S/C10H12N2O5/c1-6(13)5-11-8-3-2-7(10(14)15)4-9(8)12(16)17/h2-4,6,11,13H,5H2,1H3,(H,14,15). The largest absolute Gasteiger partial charge is 0.478 e. The van der Waals surface area contributed by atoms with E-state index < -0.39 is 17.0 Å². The molecule has 7 nitrogen and oxygen atoms in total. The van der Waals surface area contributed by atoms with Gasteiger partial charge < -0.3 is 15.5 Å². The number of anilines is 1. The number of rotatable bonds is 5. The number of nitro groups is 1. The monoisotopic (exact) mass is 240 g/mol. The number of hydrogen-bond donors (Lipinski definition) is 3.